The van der Waals surface area contributed by atoms with Crippen LogP contribution < -0.4 is 5.32 Å². The molecule has 2 amide bonds. The van der Waals surface area contributed by atoms with Crippen molar-refractivity contribution in [3.63, 3.8) is 0 Å². The molecule has 118 valence electrons. The number of amides is 2. The predicted octanol–water partition coefficient (Wildman–Crippen LogP) is 3.31. The molecule has 0 radical (unpaired) electrons. The van der Waals surface area contributed by atoms with Gasteiger partial charge in [0.05, 0.1) is 10.6 Å². The van der Waals surface area contributed by atoms with Crippen molar-refractivity contribution in [2.45, 2.75) is 13.0 Å². The van der Waals surface area contributed by atoms with Crippen LogP contribution in [-0.2, 0) is 4.79 Å². The van der Waals surface area contributed by atoms with E-state index in [1.807, 2.05) is 0 Å². The maximum atomic E-state index is 12.3. The number of nitrogens with zero attached hydrogens (tertiary/aromatic N) is 1. The van der Waals surface area contributed by atoms with Crippen molar-refractivity contribution in [3.8, 4) is 0 Å². The Morgan fingerprint density at radius 2 is 1.86 bits per heavy atom. The zero-order valence-corrected chi connectivity index (χ0v) is 13.8. The summed E-state index contributed by atoms with van der Waals surface area (Å²) in [5.41, 5.74) is 0.229. The minimum absolute atomic E-state index is 0.229. The van der Waals surface area contributed by atoms with Crippen LogP contribution in [0.1, 0.15) is 17.3 Å². The van der Waals surface area contributed by atoms with E-state index in [0.717, 1.165) is 0 Å². The maximum Gasteiger partial charge on any atom is 0.253 e. The van der Waals surface area contributed by atoms with Crippen LogP contribution in [0.2, 0.25) is 10.0 Å². The van der Waals surface area contributed by atoms with Crippen molar-refractivity contribution in [2.75, 3.05) is 13.1 Å². The van der Waals surface area contributed by atoms with Crippen molar-refractivity contribution >= 4 is 35.0 Å². The Morgan fingerprint density at radius 3 is 2.41 bits per heavy atom. The standard InChI is InChI=1S/C16H18Cl2N2O2/c1-4-8-20(9-5-2)16(22)11(3)19-15(21)13-10-12(17)6-7-14(13)18/h4-7,10-11H,1-2,8-9H2,3H3,(H,19,21). The van der Waals surface area contributed by atoms with E-state index in [1.165, 1.54) is 17.0 Å². The molecule has 0 bridgehead atoms. The van der Waals surface area contributed by atoms with Gasteiger partial charge in [0.15, 0.2) is 0 Å². The second-order valence-electron chi connectivity index (χ2n) is 4.64. The number of benzene rings is 1. The van der Waals surface area contributed by atoms with E-state index >= 15 is 0 Å². The minimum Gasteiger partial charge on any atom is -0.340 e. The molecule has 1 unspecified atom stereocenters. The molecule has 0 aromatic heterocycles. The zero-order chi connectivity index (χ0) is 16.7. The number of hydrogen-bond acceptors (Lipinski definition) is 2. The van der Waals surface area contributed by atoms with E-state index in [0.29, 0.717) is 18.1 Å². The summed E-state index contributed by atoms with van der Waals surface area (Å²) in [7, 11) is 0. The van der Waals surface area contributed by atoms with E-state index in [2.05, 4.69) is 18.5 Å². The van der Waals surface area contributed by atoms with Crippen LogP contribution in [-0.4, -0.2) is 35.8 Å². The van der Waals surface area contributed by atoms with Gasteiger partial charge in [-0.15, -0.1) is 13.2 Å². The van der Waals surface area contributed by atoms with Crippen molar-refractivity contribution < 1.29 is 9.59 Å². The van der Waals surface area contributed by atoms with Crippen LogP contribution in [0.15, 0.2) is 43.5 Å². The van der Waals surface area contributed by atoms with Crippen LogP contribution in [0.3, 0.4) is 0 Å². The van der Waals surface area contributed by atoms with Crippen LogP contribution in [0.5, 0.6) is 0 Å². The van der Waals surface area contributed by atoms with E-state index in [-0.39, 0.29) is 16.5 Å². The molecule has 0 heterocycles. The van der Waals surface area contributed by atoms with Gasteiger partial charge in [-0.2, -0.15) is 0 Å². The molecule has 1 N–H and O–H groups in total. The first-order valence-electron chi connectivity index (χ1n) is 6.67. The highest BCUT2D eigenvalue weighted by atomic mass is 35.5. The van der Waals surface area contributed by atoms with E-state index < -0.39 is 11.9 Å². The van der Waals surface area contributed by atoms with Gasteiger partial charge in [-0.25, -0.2) is 0 Å². The highest BCUT2D eigenvalue weighted by Gasteiger charge is 2.22. The summed E-state index contributed by atoms with van der Waals surface area (Å²) in [4.78, 5) is 26.0. The van der Waals surface area contributed by atoms with Gasteiger partial charge in [-0.1, -0.05) is 35.4 Å². The second-order valence-corrected chi connectivity index (χ2v) is 5.48. The lowest BCUT2D eigenvalue weighted by Gasteiger charge is -2.24. The molecule has 6 heteroatoms. The van der Waals surface area contributed by atoms with Gasteiger partial charge in [0.1, 0.15) is 6.04 Å². The Labute approximate surface area is 140 Å². The number of rotatable bonds is 7. The monoisotopic (exact) mass is 340 g/mol. The fourth-order valence-electron chi connectivity index (χ4n) is 1.85. The number of halogens is 2. The molecular weight excluding hydrogens is 323 g/mol. The third kappa shape index (κ3) is 4.90. The number of carbonyl (C=O) groups excluding carboxylic acids is 2. The molecule has 4 nitrogen and oxygen atoms in total. The topological polar surface area (TPSA) is 49.4 Å². The first-order valence-corrected chi connectivity index (χ1v) is 7.42. The molecule has 1 atom stereocenters. The highest BCUT2D eigenvalue weighted by molar-refractivity contribution is 6.35. The number of nitrogens with one attached hydrogen (secondary N) is 1. The molecule has 0 saturated carbocycles. The van der Waals surface area contributed by atoms with Crippen molar-refractivity contribution in [2.24, 2.45) is 0 Å². The lowest BCUT2D eigenvalue weighted by atomic mass is 10.2. The van der Waals surface area contributed by atoms with Gasteiger partial charge in [-0.05, 0) is 25.1 Å². The largest absolute Gasteiger partial charge is 0.340 e. The van der Waals surface area contributed by atoms with E-state index in [4.69, 9.17) is 23.2 Å². The Kier molecular flexibility index (Phi) is 7.15. The van der Waals surface area contributed by atoms with Gasteiger partial charge >= 0.3 is 0 Å². The smallest absolute Gasteiger partial charge is 0.253 e. The van der Waals surface area contributed by atoms with Gasteiger partial charge < -0.3 is 10.2 Å². The summed E-state index contributed by atoms with van der Waals surface area (Å²) in [6.07, 6.45) is 3.23. The summed E-state index contributed by atoms with van der Waals surface area (Å²) in [6.45, 7) is 9.58. The lowest BCUT2D eigenvalue weighted by Crippen LogP contribution is -2.47. The molecule has 0 aliphatic heterocycles. The quantitative estimate of drug-likeness (QED) is 0.774. The van der Waals surface area contributed by atoms with Gasteiger partial charge in [0.2, 0.25) is 5.91 Å². The zero-order valence-electron chi connectivity index (χ0n) is 12.3. The third-order valence-electron chi connectivity index (χ3n) is 2.90. The molecule has 0 aliphatic rings. The molecule has 0 spiro atoms. The molecule has 1 aromatic rings. The first-order chi connectivity index (χ1) is 10.4. The number of carbonyl (C=O) groups is 2. The Morgan fingerprint density at radius 1 is 1.27 bits per heavy atom. The maximum absolute atomic E-state index is 12.3. The molecule has 0 fully saturated rings. The number of hydrogen-bond donors (Lipinski definition) is 1. The Balaban J connectivity index is 2.81. The Hall–Kier alpha value is -1.78. The van der Waals surface area contributed by atoms with Gasteiger partial charge in [-0.3, -0.25) is 9.59 Å². The summed E-state index contributed by atoms with van der Waals surface area (Å²) in [5, 5.41) is 3.29. The second kappa shape index (κ2) is 8.61. The van der Waals surface area contributed by atoms with Gasteiger partial charge in [0.25, 0.3) is 5.91 Å². The van der Waals surface area contributed by atoms with Crippen LogP contribution >= 0.6 is 23.2 Å². The van der Waals surface area contributed by atoms with Crippen molar-refractivity contribution in [1.29, 1.82) is 0 Å². The molecular formula is C16H18Cl2N2O2. The van der Waals surface area contributed by atoms with Crippen LogP contribution in [0.25, 0.3) is 0 Å². The minimum atomic E-state index is -0.706. The van der Waals surface area contributed by atoms with Crippen molar-refractivity contribution in [1.82, 2.24) is 10.2 Å². The summed E-state index contributed by atoms with van der Waals surface area (Å²) >= 11 is 11.8. The molecule has 1 rings (SSSR count). The molecule has 0 aliphatic carbocycles. The van der Waals surface area contributed by atoms with Gasteiger partial charge in [0, 0.05) is 18.1 Å². The highest BCUT2D eigenvalue weighted by Crippen LogP contribution is 2.20. The predicted molar refractivity (Wildman–Crippen MR) is 90.4 cm³/mol. The molecule has 0 saturated heterocycles. The fraction of sp³-hybridized carbons (Fsp3) is 0.250. The SMILES string of the molecule is C=CCN(CC=C)C(=O)C(C)NC(=O)c1cc(Cl)ccc1Cl. The Bertz CT molecular complexity index is 578. The summed E-state index contributed by atoms with van der Waals surface area (Å²) < 4.78 is 0. The summed E-state index contributed by atoms with van der Waals surface area (Å²) in [5.74, 6) is -0.684. The molecule has 22 heavy (non-hydrogen) atoms. The third-order valence-corrected chi connectivity index (χ3v) is 3.47. The average molecular weight is 341 g/mol. The summed E-state index contributed by atoms with van der Waals surface area (Å²) in [6, 6.07) is 3.88. The normalized spacial score (nSPS) is 11.4. The molecule has 1 aromatic carbocycles. The first kappa shape index (κ1) is 18.3. The van der Waals surface area contributed by atoms with Crippen LogP contribution in [0, 0.1) is 0 Å². The lowest BCUT2D eigenvalue weighted by molar-refractivity contribution is -0.131. The van der Waals surface area contributed by atoms with E-state index in [9.17, 15) is 9.59 Å². The fourth-order valence-corrected chi connectivity index (χ4v) is 2.22. The van der Waals surface area contributed by atoms with E-state index in [1.54, 1.807) is 25.1 Å². The van der Waals surface area contributed by atoms with Crippen molar-refractivity contribution in [3.05, 3.63) is 59.1 Å². The average Bonchev–Trinajstić information content (AvgIpc) is 2.48. The van der Waals surface area contributed by atoms with Crippen LogP contribution in [0.4, 0.5) is 0 Å².